The highest BCUT2D eigenvalue weighted by Crippen LogP contribution is 2.33. The molecule has 4 nitrogen and oxygen atoms in total. The standard InChI is InChI=1S/C7H6F6N4S2/c8-6(9,10)4-14-16(2-18-4)1-17-3-19-5(15-17)7(11,12)13/h1-3H2. The van der Waals surface area contributed by atoms with Crippen molar-refractivity contribution in [3.8, 4) is 0 Å². The molecule has 2 rings (SSSR count). The van der Waals surface area contributed by atoms with E-state index in [9.17, 15) is 26.3 Å². The number of hydrogen-bond acceptors (Lipinski definition) is 6. The first-order valence-corrected chi connectivity index (χ1v) is 6.70. The molecule has 0 aromatic heterocycles. The van der Waals surface area contributed by atoms with Gasteiger partial charge in [0.25, 0.3) is 0 Å². The lowest BCUT2D eigenvalue weighted by Gasteiger charge is -2.19. The maximum Gasteiger partial charge on any atom is 0.441 e. The monoisotopic (exact) mass is 324 g/mol. The summed E-state index contributed by atoms with van der Waals surface area (Å²) in [4.78, 5) is 0. The van der Waals surface area contributed by atoms with E-state index in [-0.39, 0.29) is 18.4 Å². The summed E-state index contributed by atoms with van der Waals surface area (Å²) in [5.74, 6) is -0.125. The fourth-order valence-corrected chi connectivity index (χ4v) is 2.75. The minimum Gasteiger partial charge on any atom is -0.264 e. The van der Waals surface area contributed by atoms with Gasteiger partial charge in [0, 0.05) is 0 Å². The highest BCUT2D eigenvalue weighted by molar-refractivity contribution is 8.14. The molecule has 0 unspecified atom stereocenters. The average molecular weight is 324 g/mol. The van der Waals surface area contributed by atoms with Gasteiger partial charge in [-0.3, -0.25) is 10.0 Å². The van der Waals surface area contributed by atoms with Crippen molar-refractivity contribution >= 4 is 33.6 Å². The second kappa shape index (κ2) is 4.96. The molecule has 0 atom stereocenters. The Morgan fingerprint density at radius 2 is 1.21 bits per heavy atom. The fraction of sp³-hybridized carbons (Fsp3) is 0.714. The molecule has 0 fully saturated rings. The Morgan fingerprint density at radius 3 is 1.47 bits per heavy atom. The molecule has 0 amide bonds. The molecule has 108 valence electrons. The van der Waals surface area contributed by atoms with Gasteiger partial charge >= 0.3 is 12.4 Å². The van der Waals surface area contributed by atoms with E-state index >= 15 is 0 Å². The predicted octanol–water partition coefficient (Wildman–Crippen LogP) is 2.71. The van der Waals surface area contributed by atoms with Crippen molar-refractivity contribution in [1.29, 1.82) is 0 Å². The van der Waals surface area contributed by atoms with E-state index in [0.717, 1.165) is 10.0 Å². The Labute approximate surface area is 111 Å². The minimum atomic E-state index is -4.53. The molecule has 0 saturated heterocycles. The first-order valence-electron chi connectivity index (χ1n) is 4.73. The molecule has 12 heteroatoms. The lowest BCUT2D eigenvalue weighted by atomic mass is 10.7. The van der Waals surface area contributed by atoms with Crippen molar-refractivity contribution < 1.29 is 26.3 Å². The van der Waals surface area contributed by atoms with Gasteiger partial charge in [-0.2, -0.15) is 36.5 Å². The van der Waals surface area contributed by atoms with Crippen LogP contribution in [0.4, 0.5) is 26.3 Å². The minimum absolute atomic E-state index is 0.0626. The topological polar surface area (TPSA) is 31.2 Å². The first kappa shape index (κ1) is 14.6. The van der Waals surface area contributed by atoms with E-state index in [0.29, 0.717) is 23.5 Å². The third-order valence-electron chi connectivity index (χ3n) is 1.98. The largest absolute Gasteiger partial charge is 0.441 e. The van der Waals surface area contributed by atoms with Crippen molar-refractivity contribution in [2.45, 2.75) is 12.4 Å². The van der Waals surface area contributed by atoms with Crippen LogP contribution >= 0.6 is 23.5 Å². The van der Waals surface area contributed by atoms with E-state index in [4.69, 9.17) is 0 Å². The van der Waals surface area contributed by atoms with Crippen molar-refractivity contribution in [1.82, 2.24) is 10.0 Å². The summed E-state index contributed by atoms with van der Waals surface area (Å²) in [7, 11) is 0. The van der Waals surface area contributed by atoms with Gasteiger partial charge in [0.2, 0.25) is 0 Å². The molecule has 2 aliphatic heterocycles. The molecule has 0 aromatic carbocycles. The number of hydrazone groups is 2. The number of thioether (sulfide) groups is 2. The second-order valence-electron chi connectivity index (χ2n) is 3.51. The summed E-state index contributed by atoms with van der Waals surface area (Å²) in [6, 6.07) is 0. The third kappa shape index (κ3) is 3.61. The Kier molecular flexibility index (Phi) is 3.82. The van der Waals surface area contributed by atoms with E-state index in [1.54, 1.807) is 0 Å². The number of rotatable bonds is 2. The van der Waals surface area contributed by atoms with Gasteiger partial charge < -0.3 is 0 Å². The van der Waals surface area contributed by atoms with Gasteiger partial charge in [0.15, 0.2) is 10.1 Å². The van der Waals surface area contributed by atoms with Gasteiger partial charge in [-0.25, -0.2) is 0 Å². The zero-order valence-corrected chi connectivity index (χ0v) is 10.6. The van der Waals surface area contributed by atoms with Gasteiger partial charge in [0.1, 0.15) is 6.67 Å². The van der Waals surface area contributed by atoms with Crippen LogP contribution in [-0.4, -0.2) is 50.9 Å². The molecule has 2 aliphatic rings. The van der Waals surface area contributed by atoms with Crippen molar-refractivity contribution in [2.75, 3.05) is 18.4 Å². The van der Waals surface area contributed by atoms with Crippen LogP contribution in [0.25, 0.3) is 0 Å². The summed E-state index contributed by atoms with van der Waals surface area (Å²) in [6.07, 6.45) is -9.06. The average Bonchev–Trinajstić information content (AvgIpc) is 2.84. The van der Waals surface area contributed by atoms with Crippen LogP contribution in [-0.2, 0) is 0 Å². The summed E-state index contributed by atoms with van der Waals surface area (Å²) >= 11 is 0.988. The third-order valence-corrected chi connectivity index (χ3v) is 4.00. The predicted molar refractivity (Wildman–Crippen MR) is 60.4 cm³/mol. The number of alkyl halides is 6. The number of hydrogen-bond donors (Lipinski definition) is 0. The van der Waals surface area contributed by atoms with E-state index in [1.165, 1.54) is 0 Å². The molecule has 2 heterocycles. The van der Waals surface area contributed by atoms with Gasteiger partial charge in [-0.15, -0.1) is 0 Å². The number of halogens is 6. The highest BCUT2D eigenvalue weighted by atomic mass is 32.2. The van der Waals surface area contributed by atoms with Crippen molar-refractivity contribution in [3.63, 3.8) is 0 Å². The van der Waals surface area contributed by atoms with Gasteiger partial charge in [0.05, 0.1) is 11.8 Å². The van der Waals surface area contributed by atoms with Crippen molar-refractivity contribution in [2.24, 2.45) is 10.2 Å². The molecule has 0 aliphatic carbocycles. The van der Waals surface area contributed by atoms with Crippen LogP contribution in [0.5, 0.6) is 0 Å². The molecular weight excluding hydrogens is 318 g/mol. The molecule has 0 saturated carbocycles. The lowest BCUT2D eigenvalue weighted by molar-refractivity contribution is -0.0566. The van der Waals surface area contributed by atoms with Crippen LogP contribution in [0.1, 0.15) is 0 Å². The normalized spacial score (nSPS) is 20.9. The smallest absolute Gasteiger partial charge is 0.264 e. The zero-order chi connectivity index (χ0) is 14.3. The van der Waals surface area contributed by atoms with Crippen molar-refractivity contribution in [3.05, 3.63) is 0 Å². The Hall–Kier alpha value is -0.780. The first-order chi connectivity index (χ1) is 8.66. The van der Waals surface area contributed by atoms with Crippen LogP contribution in [0.3, 0.4) is 0 Å². The van der Waals surface area contributed by atoms with Gasteiger partial charge in [-0.05, 0) is 0 Å². The van der Waals surface area contributed by atoms with Crippen LogP contribution in [0.15, 0.2) is 10.2 Å². The number of nitrogens with zero attached hydrogens (tertiary/aromatic N) is 4. The van der Waals surface area contributed by atoms with E-state index in [1.807, 2.05) is 0 Å². The van der Waals surface area contributed by atoms with Crippen LogP contribution in [0.2, 0.25) is 0 Å². The maximum atomic E-state index is 12.3. The van der Waals surface area contributed by atoms with E-state index in [2.05, 4.69) is 10.2 Å². The Bertz CT molecular complexity index is 379. The summed E-state index contributed by atoms with van der Waals surface area (Å²) < 4.78 is 73.8. The highest BCUT2D eigenvalue weighted by Gasteiger charge is 2.42. The van der Waals surface area contributed by atoms with Crippen LogP contribution < -0.4 is 0 Å². The molecule has 19 heavy (non-hydrogen) atoms. The van der Waals surface area contributed by atoms with Gasteiger partial charge in [-0.1, -0.05) is 23.5 Å². The Balaban J connectivity index is 1.94. The summed E-state index contributed by atoms with van der Waals surface area (Å²) in [6.45, 7) is -0.209. The second-order valence-corrected chi connectivity index (χ2v) is 5.37. The summed E-state index contributed by atoms with van der Waals surface area (Å²) in [5.41, 5.74) is 0. The lowest BCUT2D eigenvalue weighted by Crippen LogP contribution is -2.28. The SMILES string of the molecule is FC(F)(F)C1=NN(CN2CSC(C(F)(F)F)=N2)CS1. The molecule has 0 spiro atoms. The molecule has 0 radical (unpaired) electrons. The maximum absolute atomic E-state index is 12.3. The molecular formula is C7H6F6N4S2. The molecule has 0 bridgehead atoms. The van der Waals surface area contributed by atoms with Crippen LogP contribution in [0, 0.1) is 0 Å². The molecule has 0 aromatic rings. The zero-order valence-electron chi connectivity index (χ0n) is 8.99. The summed E-state index contributed by atoms with van der Waals surface area (Å²) in [5, 5.41) is 6.64. The molecule has 0 N–H and O–H groups in total. The van der Waals surface area contributed by atoms with E-state index < -0.39 is 22.4 Å². The quantitative estimate of drug-likeness (QED) is 0.731. The Morgan fingerprint density at radius 1 is 0.842 bits per heavy atom. The fourth-order valence-electron chi connectivity index (χ4n) is 1.25.